The third kappa shape index (κ3) is 3.45. The lowest BCUT2D eigenvalue weighted by molar-refractivity contribution is 0.0839. The normalized spacial score (nSPS) is 19.9. The van der Waals surface area contributed by atoms with Gasteiger partial charge in [-0.15, -0.1) is 0 Å². The van der Waals surface area contributed by atoms with E-state index in [0.29, 0.717) is 0 Å². The Morgan fingerprint density at radius 1 is 1.25 bits per heavy atom. The van der Waals surface area contributed by atoms with Crippen LogP contribution in [0.2, 0.25) is 0 Å². The molecule has 0 aromatic heterocycles. The van der Waals surface area contributed by atoms with Crippen molar-refractivity contribution in [3.63, 3.8) is 0 Å². The lowest BCUT2D eigenvalue weighted by Gasteiger charge is -2.34. The first-order valence-corrected chi connectivity index (χ1v) is 7.74. The zero-order chi connectivity index (χ0) is 14.5. The van der Waals surface area contributed by atoms with Gasteiger partial charge in [-0.2, -0.15) is 0 Å². The Labute approximate surface area is 128 Å². The second kappa shape index (κ2) is 7.29. The summed E-state index contributed by atoms with van der Waals surface area (Å²) in [5.74, 6) is 1.46. The van der Waals surface area contributed by atoms with Crippen LogP contribution in [0.25, 0.3) is 0 Å². The molecule has 2 rings (SSSR count). The molecule has 5 heteroatoms. The fraction of sp³-hybridized carbons (Fsp3) is 0.600. The van der Waals surface area contributed by atoms with E-state index >= 15 is 0 Å². The smallest absolute Gasteiger partial charge is 0.161 e. The van der Waals surface area contributed by atoms with Crippen LogP contribution in [0.1, 0.15) is 24.8 Å². The highest BCUT2D eigenvalue weighted by Crippen LogP contribution is 2.34. The summed E-state index contributed by atoms with van der Waals surface area (Å²) >= 11 is 3.60. The number of rotatable bonds is 5. The fourth-order valence-corrected chi connectivity index (χ4v) is 3.16. The van der Waals surface area contributed by atoms with Gasteiger partial charge in [0.2, 0.25) is 0 Å². The van der Waals surface area contributed by atoms with E-state index in [4.69, 9.17) is 9.47 Å². The van der Waals surface area contributed by atoms with Gasteiger partial charge in [-0.1, -0.05) is 22.4 Å². The summed E-state index contributed by atoms with van der Waals surface area (Å²) in [6.45, 7) is 2.07. The molecule has 4 nitrogen and oxygen atoms in total. The van der Waals surface area contributed by atoms with Crippen LogP contribution in [0.5, 0.6) is 11.5 Å². The summed E-state index contributed by atoms with van der Waals surface area (Å²) in [5.41, 5.74) is 1.16. The number of aliphatic hydroxyl groups is 1. The van der Waals surface area contributed by atoms with E-state index in [-0.39, 0.29) is 12.6 Å². The number of ether oxygens (including phenoxy) is 2. The zero-order valence-corrected chi connectivity index (χ0v) is 13.6. The highest BCUT2D eigenvalue weighted by molar-refractivity contribution is 9.10. The summed E-state index contributed by atoms with van der Waals surface area (Å²) in [4.78, 5) is 2.34. The first-order chi connectivity index (χ1) is 9.69. The van der Waals surface area contributed by atoms with Gasteiger partial charge in [0.1, 0.15) is 0 Å². The van der Waals surface area contributed by atoms with E-state index in [0.717, 1.165) is 41.0 Å². The molecule has 1 aromatic rings. The maximum atomic E-state index is 9.49. The molecule has 20 heavy (non-hydrogen) atoms. The number of nitrogens with zero attached hydrogens (tertiary/aromatic N) is 1. The molecule has 0 amide bonds. The van der Waals surface area contributed by atoms with Gasteiger partial charge in [-0.05, 0) is 37.1 Å². The molecule has 1 N–H and O–H groups in total. The topological polar surface area (TPSA) is 41.9 Å². The Morgan fingerprint density at radius 2 is 1.95 bits per heavy atom. The van der Waals surface area contributed by atoms with Gasteiger partial charge in [-0.25, -0.2) is 0 Å². The predicted octanol–water partition coefficient (Wildman–Crippen LogP) is 2.81. The minimum atomic E-state index is 0.227. The minimum Gasteiger partial charge on any atom is -0.493 e. The fourth-order valence-electron chi connectivity index (χ4n) is 2.71. The van der Waals surface area contributed by atoms with Crippen LogP contribution in [0.3, 0.4) is 0 Å². The van der Waals surface area contributed by atoms with Crippen LogP contribution in [0.4, 0.5) is 0 Å². The molecule has 0 spiro atoms. The third-order valence-electron chi connectivity index (χ3n) is 3.89. The van der Waals surface area contributed by atoms with Crippen molar-refractivity contribution in [2.24, 2.45) is 0 Å². The summed E-state index contributed by atoms with van der Waals surface area (Å²) in [6.07, 6.45) is 3.47. The van der Waals surface area contributed by atoms with E-state index in [1.54, 1.807) is 14.2 Å². The van der Waals surface area contributed by atoms with Crippen molar-refractivity contribution in [3.05, 3.63) is 22.2 Å². The summed E-state index contributed by atoms with van der Waals surface area (Å²) in [5, 5.41) is 9.49. The minimum absolute atomic E-state index is 0.227. The molecule has 1 fully saturated rings. The second-order valence-corrected chi connectivity index (χ2v) is 5.96. The number of halogens is 1. The highest BCUT2D eigenvalue weighted by Gasteiger charge is 2.22. The van der Waals surface area contributed by atoms with E-state index in [9.17, 15) is 5.11 Å². The molecule has 0 radical (unpaired) electrons. The van der Waals surface area contributed by atoms with Gasteiger partial charge in [0.15, 0.2) is 11.5 Å². The molecule has 0 saturated carbocycles. The number of hydrogen-bond acceptors (Lipinski definition) is 4. The number of benzene rings is 1. The quantitative estimate of drug-likeness (QED) is 0.892. The first-order valence-electron chi connectivity index (χ1n) is 6.95. The largest absolute Gasteiger partial charge is 0.493 e. The van der Waals surface area contributed by atoms with Crippen molar-refractivity contribution < 1.29 is 14.6 Å². The van der Waals surface area contributed by atoms with Gasteiger partial charge in [0.25, 0.3) is 0 Å². The van der Waals surface area contributed by atoms with Crippen molar-refractivity contribution >= 4 is 15.9 Å². The molecule has 1 aromatic carbocycles. The summed E-state index contributed by atoms with van der Waals surface area (Å²) in [6, 6.07) is 4.21. The molecule has 1 aliphatic rings. The molecule has 1 saturated heterocycles. The molecule has 1 atom stereocenters. The van der Waals surface area contributed by atoms with Crippen molar-refractivity contribution in [1.29, 1.82) is 0 Å². The van der Waals surface area contributed by atoms with E-state index in [1.807, 2.05) is 12.1 Å². The molecule has 0 aliphatic carbocycles. The monoisotopic (exact) mass is 343 g/mol. The summed E-state index contributed by atoms with van der Waals surface area (Å²) < 4.78 is 11.7. The van der Waals surface area contributed by atoms with Crippen molar-refractivity contribution in [3.8, 4) is 11.5 Å². The number of hydrogen-bond donors (Lipinski definition) is 1. The van der Waals surface area contributed by atoms with Crippen molar-refractivity contribution in [2.75, 3.05) is 27.4 Å². The lowest BCUT2D eigenvalue weighted by Crippen LogP contribution is -2.41. The van der Waals surface area contributed by atoms with Crippen LogP contribution < -0.4 is 9.47 Å². The maximum absolute atomic E-state index is 9.49. The Kier molecular flexibility index (Phi) is 5.69. The Hall–Kier alpha value is -0.780. The highest BCUT2D eigenvalue weighted by atomic mass is 79.9. The van der Waals surface area contributed by atoms with Gasteiger partial charge >= 0.3 is 0 Å². The SMILES string of the molecule is COc1cc(Br)c(CN2CCCC[C@@H]2CO)cc1OC. The average Bonchev–Trinajstić information content (AvgIpc) is 2.49. The van der Waals surface area contributed by atoms with Crippen LogP contribution in [-0.2, 0) is 6.54 Å². The molecule has 0 bridgehead atoms. The zero-order valence-electron chi connectivity index (χ0n) is 12.1. The van der Waals surface area contributed by atoms with Crippen LogP contribution >= 0.6 is 15.9 Å². The van der Waals surface area contributed by atoms with E-state index < -0.39 is 0 Å². The van der Waals surface area contributed by atoms with Crippen LogP contribution in [-0.4, -0.2) is 43.4 Å². The van der Waals surface area contributed by atoms with Gasteiger partial charge in [0.05, 0.1) is 20.8 Å². The van der Waals surface area contributed by atoms with Crippen molar-refractivity contribution in [2.45, 2.75) is 31.8 Å². The standard InChI is InChI=1S/C15H22BrNO3/c1-19-14-7-11(13(16)8-15(14)20-2)9-17-6-4-3-5-12(17)10-18/h7-8,12,18H,3-6,9-10H2,1-2H3/t12-/m1/s1. The maximum Gasteiger partial charge on any atom is 0.161 e. The number of methoxy groups -OCH3 is 2. The van der Waals surface area contributed by atoms with Gasteiger partial charge in [-0.3, -0.25) is 4.90 Å². The Balaban J connectivity index is 2.19. The van der Waals surface area contributed by atoms with Crippen molar-refractivity contribution in [1.82, 2.24) is 4.90 Å². The number of aliphatic hydroxyl groups excluding tert-OH is 1. The van der Waals surface area contributed by atoms with Crippen LogP contribution in [0, 0.1) is 0 Å². The molecule has 1 heterocycles. The lowest BCUT2D eigenvalue weighted by atomic mass is 10.0. The predicted molar refractivity (Wildman–Crippen MR) is 82.4 cm³/mol. The summed E-state index contributed by atoms with van der Waals surface area (Å²) in [7, 11) is 3.28. The molecule has 1 aliphatic heterocycles. The average molecular weight is 344 g/mol. The molecule has 112 valence electrons. The van der Waals surface area contributed by atoms with Gasteiger partial charge < -0.3 is 14.6 Å². The van der Waals surface area contributed by atoms with Gasteiger partial charge in [0, 0.05) is 17.1 Å². The molecule has 0 unspecified atom stereocenters. The Morgan fingerprint density at radius 3 is 2.60 bits per heavy atom. The van der Waals surface area contributed by atoms with Crippen LogP contribution in [0.15, 0.2) is 16.6 Å². The Bertz CT molecular complexity index is 453. The van der Waals surface area contributed by atoms with E-state index in [1.165, 1.54) is 12.8 Å². The van der Waals surface area contributed by atoms with E-state index in [2.05, 4.69) is 20.8 Å². The molecular weight excluding hydrogens is 322 g/mol. The third-order valence-corrected chi connectivity index (χ3v) is 4.62. The number of piperidine rings is 1. The molecular formula is C15H22BrNO3. The first kappa shape index (κ1) is 15.6. The second-order valence-electron chi connectivity index (χ2n) is 5.10. The number of likely N-dealkylation sites (tertiary alicyclic amines) is 1.